The average Bonchev–Trinajstić information content (AvgIpc) is 3.45. The number of hydrogen-bond donors (Lipinski definition) is 1. The number of sulfonamides is 1. The van der Waals surface area contributed by atoms with Gasteiger partial charge in [-0.05, 0) is 50.5 Å². The van der Waals surface area contributed by atoms with Gasteiger partial charge in [0.15, 0.2) is 0 Å². The summed E-state index contributed by atoms with van der Waals surface area (Å²) in [6.45, 7) is 3.32. The Morgan fingerprint density at radius 3 is 2.33 bits per heavy atom. The monoisotopic (exact) mass is 525 g/mol. The zero-order valence-electron chi connectivity index (χ0n) is 21.0. The molecule has 1 saturated heterocycles. The first-order valence-corrected chi connectivity index (χ1v) is 15.5. The van der Waals surface area contributed by atoms with E-state index in [-0.39, 0.29) is 18.2 Å². The fourth-order valence-electron chi connectivity index (χ4n) is 5.61. The zero-order chi connectivity index (χ0) is 25.1. The Balaban J connectivity index is 1.28. The van der Waals surface area contributed by atoms with Gasteiger partial charge in [-0.1, -0.05) is 72.0 Å². The van der Waals surface area contributed by atoms with Crippen LogP contribution in [0.5, 0.6) is 0 Å². The number of thiazole rings is 1. The van der Waals surface area contributed by atoms with E-state index in [1.807, 2.05) is 25.1 Å². The van der Waals surface area contributed by atoms with Gasteiger partial charge in [-0.2, -0.15) is 0 Å². The lowest BCUT2D eigenvalue weighted by atomic mass is 9.83. The maximum absolute atomic E-state index is 12.1. The second kappa shape index (κ2) is 11.0. The Morgan fingerprint density at radius 1 is 1.00 bits per heavy atom. The van der Waals surface area contributed by atoms with Crippen LogP contribution in [0.25, 0.3) is 10.6 Å². The summed E-state index contributed by atoms with van der Waals surface area (Å²) in [4.78, 5) is 7.16. The van der Waals surface area contributed by atoms with Gasteiger partial charge in [0.05, 0.1) is 30.7 Å². The predicted molar refractivity (Wildman–Crippen MR) is 147 cm³/mol. The minimum atomic E-state index is -3.32. The van der Waals surface area contributed by atoms with Gasteiger partial charge in [0.25, 0.3) is 0 Å². The molecule has 2 unspecified atom stereocenters. The first-order chi connectivity index (χ1) is 17.4. The molecule has 2 atom stereocenters. The number of hydrogen-bond acceptors (Lipinski definition) is 6. The summed E-state index contributed by atoms with van der Waals surface area (Å²) in [6.07, 6.45) is 6.53. The van der Waals surface area contributed by atoms with E-state index in [1.165, 1.54) is 11.8 Å². The molecule has 8 heteroatoms. The van der Waals surface area contributed by atoms with E-state index < -0.39 is 10.0 Å². The van der Waals surface area contributed by atoms with Crippen molar-refractivity contribution in [2.24, 2.45) is 0 Å². The van der Waals surface area contributed by atoms with Gasteiger partial charge in [-0.25, -0.2) is 18.1 Å². The largest absolute Gasteiger partial charge is 0.376 e. The van der Waals surface area contributed by atoms with E-state index in [1.54, 1.807) is 11.3 Å². The van der Waals surface area contributed by atoms with Crippen LogP contribution in [-0.2, 0) is 14.8 Å². The van der Waals surface area contributed by atoms with Gasteiger partial charge in [0.2, 0.25) is 10.0 Å². The second-order valence-electron chi connectivity index (χ2n) is 10.0. The molecule has 1 saturated carbocycles. The second-order valence-corrected chi connectivity index (χ2v) is 12.8. The summed E-state index contributed by atoms with van der Waals surface area (Å²) < 4.78 is 33.6. The molecule has 2 fully saturated rings. The molecular formula is C28H35N3O3S2. The van der Waals surface area contributed by atoms with E-state index in [4.69, 9.17) is 9.72 Å². The highest BCUT2D eigenvalue weighted by Gasteiger charge is 2.38. The third kappa shape index (κ3) is 5.99. The van der Waals surface area contributed by atoms with Gasteiger partial charge in [-0.3, -0.25) is 0 Å². The van der Waals surface area contributed by atoms with Crippen molar-refractivity contribution < 1.29 is 13.2 Å². The van der Waals surface area contributed by atoms with Gasteiger partial charge in [0, 0.05) is 18.2 Å². The maximum Gasteiger partial charge on any atom is 0.209 e. The number of benzene rings is 2. The fourth-order valence-corrected chi connectivity index (χ4v) is 7.59. The highest BCUT2D eigenvalue weighted by Crippen LogP contribution is 2.39. The topological polar surface area (TPSA) is 71.5 Å². The van der Waals surface area contributed by atoms with Crippen molar-refractivity contribution >= 4 is 26.4 Å². The molecule has 0 spiro atoms. The highest BCUT2D eigenvalue weighted by molar-refractivity contribution is 7.88. The van der Waals surface area contributed by atoms with Crippen molar-refractivity contribution in [3.63, 3.8) is 0 Å². The van der Waals surface area contributed by atoms with Gasteiger partial charge >= 0.3 is 0 Å². The minimum Gasteiger partial charge on any atom is -0.376 e. The Bertz CT molecular complexity index is 1240. The predicted octanol–water partition coefficient (Wildman–Crippen LogP) is 5.36. The number of nitrogens with zero attached hydrogens (tertiary/aromatic N) is 2. The number of nitrogens with one attached hydrogen (secondary N) is 1. The summed E-state index contributed by atoms with van der Waals surface area (Å²) >= 11 is 1.68. The smallest absolute Gasteiger partial charge is 0.209 e. The lowest BCUT2D eigenvalue weighted by Gasteiger charge is -2.33. The molecule has 2 heterocycles. The van der Waals surface area contributed by atoms with Gasteiger partial charge in [-0.15, -0.1) is 0 Å². The third-order valence-corrected chi connectivity index (χ3v) is 9.39. The SMILES string of the molecule is Cc1nc(-c2ccccc2)sc1N1CCC(NS(C)(=O)=O)C1CO[C@H]1CC[C@@H](c2ccccc2)CC1. The van der Waals surface area contributed by atoms with Crippen LogP contribution >= 0.6 is 11.3 Å². The Kier molecular flexibility index (Phi) is 7.76. The summed E-state index contributed by atoms with van der Waals surface area (Å²) in [5, 5.41) is 2.09. The van der Waals surface area contributed by atoms with Crippen molar-refractivity contribution in [1.29, 1.82) is 0 Å². The van der Waals surface area contributed by atoms with Crippen LogP contribution in [0, 0.1) is 6.92 Å². The van der Waals surface area contributed by atoms with Crippen molar-refractivity contribution in [1.82, 2.24) is 9.71 Å². The Labute approximate surface area is 218 Å². The molecule has 36 heavy (non-hydrogen) atoms. The van der Waals surface area contributed by atoms with Crippen LogP contribution in [-0.4, -0.2) is 51.0 Å². The molecule has 0 radical (unpaired) electrons. The van der Waals surface area contributed by atoms with Crippen molar-refractivity contribution in [2.75, 3.05) is 24.3 Å². The number of aryl methyl sites for hydroxylation is 1. The lowest BCUT2D eigenvalue weighted by Crippen LogP contribution is -2.48. The molecule has 192 valence electrons. The van der Waals surface area contributed by atoms with E-state index in [0.717, 1.165) is 59.9 Å². The molecule has 1 aromatic heterocycles. The van der Waals surface area contributed by atoms with Crippen LogP contribution in [0.15, 0.2) is 60.7 Å². The molecule has 3 aromatic rings. The minimum absolute atomic E-state index is 0.0608. The first-order valence-electron chi connectivity index (χ1n) is 12.8. The zero-order valence-corrected chi connectivity index (χ0v) is 22.6. The summed E-state index contributed by atoms with van der Waals surface area (Å²) in [5.41, 5.74) is 3.50. The molecule has 5 rings (SSSR count). The number of aromatic nitrogens is 1. The van der Waals surface area contributed by atoms with Crippen molar-refractivity contribution in [2.45, 2.75) is 63.1 Å². The average molecular weight is 526 g/mol. The standard InChI is InChI=1S/C28H35N3O3S2/c1-20-28(35-27(29-20)23-11-7-4-8-12-23)31-18-17-25(30-36(2,32)33)26(31)19-34-24-15-13-22(14-16-24)21-9-5-3-6-10-21/h3-12,22,24-26,30H,13-19H2,1-2H3/t22-,24+,25?,26?. The van der Waals surface area contributed by atoms with Crippen LogP contribution < -0.4 is 9.62 Å². The van der Waals surface area contributed by atoms with E-state index >= 15 is 0 Å². The third-order valence-electron chi connectivity index (χ3n) is 7.41. The number of ether oxygens (including phenoxy) is 1. The normalized spacial score (nSPS) is 24.8. The molecule has 2 aromatic carbocycles. The van der Waals surface area contributed by atoms with Crippen LogP contribution in [0.3, 0.4) is 0 Å². The Hall–Kier alpha value is -2.26. The molecular weight excluding hydrogens is 490 g/mol. The number of anilines is 1. The molecule has 2 aliphatic rings. The molecule has 0 bridgehead atoms. The molecule has 6 nitrogen and oxygen atoms in total. The van der Waals surface area contributed by atoms with Crippen LogP contribution in [0.2, 0.25) is 0 Å². The maximum atomic E-state index is 12.1. The molecule has 0 amide bonds. The van der Waals surface area contributed by atoms with E-state index in [0.29, 0.717) is 12.5 Å². The first kappa shape index (κ1) is 25.4. The summed E-state index contributed by atoms with van der Waals surface area (Å²) in [6, 6.07) is 20.7. The van der Waals surface area contributed by atoms with E-state index in [9.17, 15) is 8.42 Å². The molecule has 1 N–H and O–H groups in total. The molecule has 1 aliphatic heterocycles. The van der Waals surface area contributed by atoms with Crippen molar-refractivity contribution in [3.8, 4) is 10.6 Å². The highest BCUT2D eigenvalue weighted by atomic mass is 32.2. The van der Waals surface area contributed by atoms with E-state index in [2.05, 4.69) is 52.1 Å². The van der Waals surface area contributed by atoms with Gasteiger partial charge in [0.1, 0.15) is 10.0 Å². The Morgan fingerprint density at radius 2 is 1.67 bits per heavy atom. The van der Waals surface area contributed by atoms with Crippen LogP contribution in [0.4, 0.5) is 5.00 Å². The quantitative estimate of drug-likeness (QED) is 0.429. The summed E-state index contributed by atoms with van der Waals surface area (Å²) in [7, 11) is -3.32. The fraction of sp³-hybridized carbons (Fsp3) is 0.464. The van der Waals surface area contributed by atoms with Gasteiger partial charge < -0.3 is 9.64 Å². The van der Waals surface area contributed by atoms with Crippen molar-refractivity contribution in [3.05, 3.63) is 71.9 Å². The lowest BCUT2D eigenvalue weighted by molar-refractivity contribution is 0.0157. The van der Waals surface area contributed by atoms with Crippen LogP contribution in [0.1, 0.15) is 49.3 Å². The summed E-state index contributed by atoms with van der Waals surface area (Å²) in [5.74, 6) is 0.602. The number of rotatable bonds is 8. The molecule has 1 aliphatic carbocycles.